The van der Waals surface area contributed by atoms with Crippen molar-refractivity contribution in [1.82, 2.24) is 10.0 Å². The van der Waals surface area contributed by atoms with E-state index < -0.39 is 10.0 Å². The first-order valence-electron chi connectivity index (χ1n) is 6.80. The van der Waals surface area contributed by atoms with Crippen molar-refractivity contribution in [3.05, 3.63) is 28.3 Å². The Kier molecular flexibility index (Phi) is 7.09. The molecular formula is C14H23ClN2O3S. The number of nitrogens with one attached hydrogen (secondary N) is 2. The lowest BCUT2D eigenvalue weighted by atomic mass is 10.1. The first-order chi connectivity index (χ1) is 9.85. The summed E-state index contributed by atoms with van der Waals surface area (Å²) in [6.45, 7) is 4.58. The van der Waals surface area contributed by atoms with Crippen LogP contribution in [0.25, 0.3) is 0 Å². The van der Waals surface area contributed by atoms with Crippen LogP contribution < -0.4 is 10.0 Å². The van der Waals surface area contributed by atoms with Gasteiger partial charge in [-0.3, -0.25) is 0 Å². The lowest BCUT2D eigenvalue weighted by Crippen LogP contribution is -2.37. The number of halogens is 1. The molecule has 0 aliphatic heterocycles. The molecule has 1 aromatic carbocycles. The molecule has 0 spiro atoms. The molecule has 1 aromatic rings. The third kappa shape index (κ3) is 4.93. The summed E-state index contributed by atoms with van der Waals surface area (Å²) in [5, 5.41) is 3.42. The molecule has 0 saturated carbocycles. The van der Waals surface area contributed by atoms with E-state index in [1.165, 1.54) is 6.07 Å². The Balaban J connectivity index is 3.18. The van der Waals surface area contributed by atoms with E-state index in [0.29, 0.717) is 30.2 Å². The van der Waals surface area contributed by atoms with Crippen LogP contribution in [-0.2, 0) is 21.3 Å². The second-order valence-corrected chi connectivity index (χ2v) is 7.02. The molecular weight excluding hydrogens is 312 g/mol. The molecule has 1 atom stereocenters. The van der Waals surface area contributed by atoms with Gasteiger partial charge in [-0.15, -0.1) is 0 Å². The van der Waals surface area contributed by atoms with Gasteiger partial charge < -0.3 is 10.1 Å². The molecule has 0 bridgehead atoms. The van der Waals surface area contributed by atoms with Crippen LogP contribution >= 0.6 is 11.6 Å². The van der Waals surface area contributed by atoms with Crippen molar-refractivity contribution < 1.29 is 13.2 Å². The van der Waals surface area contributed by atoms with Gasteiger partial charge in [0.2, 0.25) is 10.0 Å². The van der Waals surface area contributed by atoms with Crippen molar-refractivity contribution in [3.63, 3.8) is 0 Å². The number of benzene rings is 1. The van der Waals surface area contributed by atoms with Crippen LogP contribution in [0, 0.1) is 6.92 Å². The Morgan fingerprint density at radius 2 is 2.05 bits per heavy atom. The lowest BCUT2D eigenvalue weighted by molar-refractivity contribution is 0.173. The Morgan fingerprint density at radius 1 is 1.38 bits per heavy atom. The van der Waals surface area contributed by atoms with Crippen LogP contribution in [0.2, 0.25) is 5.02 Å². The van der Waals surface area contributed by atoms with Gasteiger partial charge in [-0.2, -0.15) is 0 Å². The van der Waals surface area contributed by atoms with Crippen molar-refractivity contribution in [2.45, 2.75) is 37.8 Å². The van der Waals surface area contributed by atoms with Gasteiger partial charge in [-0.05, 0) is 43.7 Å². The second-order valence-electron chi connectivity index (χ2n) is 4.90. The minimum absolute atomic E-state index is 0.217. The molecule has 2 N–H and O–H groups in total. The predicted molar refractivity (Wildman–Crippen MR) is 85.2 cm³/mol. The molecule has 0 aromatic heterocycles. The lowest BCUT2D eigenvalue weighted by Gasteiger charge is -2.18. The molecule has 0 saturated heterocycles. The average molecular weight is 335 g/mol. The minimum Gasteiger partial charge on any atom is -0.383 e. The highest BCUT2D eigenvalue weighted by molar-refractivity contribution is 7.89. The van der Waals surface area contributed by atoms with E-state index in [1.54, 1.807) is 27.1 Å². The summed E-state index contributed by atoms with van der Waals surface area (Å²) < 4.78 is 32.8. The minimum atomic E-state index is -3.63. The standard InChI is InChI=1S/C14H23ClN2O3S/c1-5-13(9-20-4)17-21(18,19)14-7-12(15)6-11(8-16-3)10(14)2/h6-7,13,16-17H,5,8-9H2,1-4H3. The van der Waals surface area contributed by atoms with Gasteiger partial charge in [0, 0.05) is 24.7 Å². The average Bonchev–Trinajstić information content (AvgIpc) is 2.41. The zero-order valence-corrected chi connectivity index (χ0v) is 14.4. The molecule has 0 aliphatic rings. The monoisotopic (exact) mass is 334 g/mol. The van der Waals surface area contributed by atoms with Crippen molar-refractivity contribution >= 4 is 21.6 Å². The van der Waals surface area contributed by atoms with E-state index in [9.17, 15) is 8.42 Å². The summed E-state index contributed by atoms with van der Waals surface area (Å²) >= 11 is 6.05. The van der Waals surface area contributed by atoms with E-state index >= 15 is 0 Å². The van der Waals surface area contributed by atoms with Gasteiger partial charge in [-0.25, -0.2) is 13.1 Å². The number of methoxy groups -OCH3 is 1. The number of hydrogen-bond acceptors (Lipinski definition) is 4. The van der Waals surface area contributed by atoms with Crippen molar-refractivity contribution in [2.75, 3.05) is 20.8 Å². The van der Waals surface area contributed by atoms with E-state index in [-0.39, 0.29) is 10.9 Å². The van der Waals surface area contributed by atoms with Crippen molar-refractivity contribution in [2.24, 2.45) is 0 Å². The summed E-state index contributed by atoms with van der Waals surface area (Å²) in [7, 11) is -0.278. The summed E-state index contributed by atoms with van der Waals surface area (Å²) in [6, 6.07) is 3.00. The van der Waals surface area contributed by atoms with E-state index in [0.717, 1.165) is 5.56 Å². The molecule has 0 amide bonds. The normalized spacial score (nSPS) is 13.4. The molecule has 1 rings (SSSR count). The molecule has 21 heavy (non-hydrogen) atoms. The molecule has 0 heterocycles. The van der Waals surface area contributed by atoms with Gasteiger partial charge in [0.25, 0.3) is 0 Å². The molecule has 5 nitrogen and oxygen atoms in total. The Hall–Kier alpha value is -0.660. The zero-order chi connectivity index (χ0) is 16.0. The van der Waals surface area contributed by atoms with Crippen LogP contribution in [0.4, 0.5) is 0 Å². The van der Waals surface area contributed by atoms with E-state index in [2.05, 4.69) is 10.0 Å². The fourth-order valence-corrected chi connectivity index (χ4v) is 4.00. The third-order valence-electron chi connectivity index (χ3n) is 3.27. The smallest absolute Gasteiger partial charge is 0.241 e. The Morgan fingerprint density at radius 3 is 2.57 bits per heavy atom. The highest BCUT2D eigenvalue weighted by atomic mass is 35.5. The molecule has 0 aliphatic carbocycles. The SMILES string of the molecule is CCC(COC)NS(=O)(=O)c1cc(Cl)cc(CNC)c1C. The number of ether oxygens (including phenoxy) is 1. The number of rotatable bonds is 8. The van der Waals surface area contributed by atoms with Crippen LogP contribution in [-0.4, -0.2) is 35.2 Å². The highest BCUT2D eigenvalue weighted by Gasteiger charge is 2.22. The van der Waals surface area contributed by atoms with Crippen LogP contribution in [0.3, 0.4) is 0 Å². The van der Waals surface area contributed by atoms with E-state index in [1.807, 2.05) is 6.92 Å². The summed E-state index contributed by atoms with van der Waals surface area (Å²) in [6.07, 6.45) is 0.649. The Labute approximate surface area is 132 Å². The third-order valence-corrected chi connectivity index (χ3v) is 5.14. The Bertz CT molecular complexity index is 576. The predicted octanol–water partition coefficient (Wildman–Crippen LogP) is 2.07. The molecule has 0 radical (unpaired) electrons. The van der Waals surface area contributed by atoms with Crippen LogP contribution in [0.15, 0.2) is 17.0 Å². The van der Waals surface area contributed by atoms with Gasteiger partial charge in [0.05, 0.1) is 11.5 Å². The second kappa shape index (κ2) is 8.10. The maximum absolute atomic E-state index is 12.6. The largest absolute Gasteiger partial charge is 0.383 e. The first kappa shape index (κ1) is 18.4. The summed E-state index contributed by atoms with van der Waals surface area (Å²) in [4.78, 5) is 0.217. The first-order valence-corrected chi connectivity index (χ1v) is 8.66. The molecule has 120 valence electrons. The van der Waals surface area contributed by atoms with Crippen LogP contribution in [0.5, 0.6) is 0 Å². The fourth-order valence-electron chi connectivity index (χ4n) is 2.08. The summed E-state index contributed by atoms with van der Waals surface area (Å²) in [5.74, 6) is 0. The summed E-state index contributed by atoms with van der Waals surface area (Å²) in [5.41, 5.74) is 1.57. The number of hydrogen-bond donors (Lipinski definition) is 2. The maximum Gasteiger partial charge on any atom is 0.241 e. The number of sulfonamides is 1. The maximum atomic E-state index is 12.6. The van der Waals surface area contributed by atoms with E-state index in [4.69, 9.17) is 16.3 Å². The highest BCUT2D eigenvalue weighted by Crippen LogP contribution is 2.24. The van der Waals surface area contributed by atoms with Crippen molar-refractivity contribution in [3.8, 4) is 0 Å². The van der Waals surface area contributed by atoms with Gasteiger partial charge in [0.15, 0.2) is 0 Å². The molecule has 1 unspecified atom stereocenters. The quantitative estimate of drug-likeness (QED) is 0.763. The topological polar surface area (TPSA) is 67.4 Å². The van der Waals surface area contributed by atoms with Crippen LogP contribution in [0.1, 0.15) is 24.5 Å². The fraction of sp³-hybridized carbons (Fsp3) is 0.571. The van der Waals surface area contributed by atoms with Gasteiger partial charge >= 0.3 is 0 Å². The van der Waals surface area contributed by atoms with Gasteiger partial charge in [-0.1, -0.05) is 18.5 Å². The molecule has 7 heteroatoms. The zero-order valence-electron chi connectivity index (χ0n) is 12.9. The molecule has 0 fully saturated rings. The van der Waals surface area contributed by atoms with Crippen molar-refractivity contribution in [1.29, 1.82) is 0 Å². The van der Waals surface area contributed by atoms with Gasteiger partial charge in [0.1, 0.15) is 0 Å².